The number of carbonyl (C=O) groups is 1. The predicted octanol–water partition coefficient (Wildman–Crippen LogP) is 3.99. The van der Waals surface area contributed by atoms with E-state index in [4.69, 9.17) is 0 Å². The fourth-order valence-corrected chi connectivity index (χ4v) is 4.34. The monoisotopic (exact) mass is 577 g/mol. The van der Waals surface area contributed by atoms with Gasteiger partial charge in [-0.1, -0.05) is 60.7 Å². The molecule has 1 amide bonds. The Balaban J connectivity index is 0.00000408. The lowest BCUT2D eigenvalue weighted by Crippen LogP contribution is -2.52. The minimum Gasteiger partial charge on any atom is -0.356 e. The number of rotatable bonds is 10. The molecule has 0 saturated carbocycles. The molecule has 1 fully saturated rings. The van der Waals surface area contributed by atoms with Gasteiger partial charge in [0.1, 0.15) is 0 Å². The normalized spacial score (nSPS) is 17.3. The summed E-state index contributed by atoms with van der Waals surface area (Å²) in [6.45, 7) is 9.62. The van der Waals surface area contributed by atoms with Crippen molar-refractivity contribution >= 4 is 35.8 Å². The van der Waals surface area contributed by atoms with Crippen molar-refractivity contribution in [3.8, 4) is 0 Å². The molecule has 3 N–H and O–H groups in total. The Kier molecular flexibility index (Phi) is 11.3. The molecule has 2 unspecified atom stereocenters. The van der Waals surface area contributed by atoms with E-state index >= 15 is 0 Å². The summed E-state index contributed by atoms with van der Waals surface area (Å²) in [5.41, 5.74) is 2.43. The zero-order valence-electron chi connectivity index (χ0n) is 20.9. The molecule has 186 valence electrons. The average Bonchev–Trinajstić information content (AvgIpc) is 3.18. The van der Waals surface area contributed by atoms with E-state index in [-0.39, 0.29) is 41.5 Å². The summed E-state index contributed by atoms with van der Waals surface area (Å²) in [6, 6.07) is 21.1. The van der Waals surface area contributed by atoms with E-state index < -0.39 is 0 Å². The second-order valence-electron chi connectivity index (χ2n) is 9.61. The predicted molar refractivity (Wildman–Crippen MR) is 152 cm³/mol. The van der Waals surface area contributed by atoms with Crippen LogP contribution in [0.5, 0.6) is 0 Å². The zero-order valence-corrected chi connectivity index (χ0v) is 23.2. The molecule has 0 radical (unpaired) electrons. The summed E-state index contributed by atoms with van der Waals surface area (Å²) in [5, 5.41) is 10.5. The number of nitrogens with zero attached hydrogens (tertiary/aromatic N) is 2. The molecule has 34 heavy (non-hydrogen) atoms. The van der Waals surface area contributed by atoms with Gasteiger partial charge in [0, 0.05) is 57.1 Å². The molecule has 1 aliphatic rings. The van der Waals surface area contributed by atoms with Crippen LogP contribution in [0.2, 0.25) is 0 Å². The Morgan fingerprint density at radius 1 is 1.09 bits per heavy atom. The van der Waals surface area contributed by atoms with Gasteiger partial charge in [0.2, 0.25) is 5.91 Å². The van der Waals surface area contributed by atoms with E-state index in [0.717, 1.165) is 38.6 Å². The van der Waals surface area contributed by atoms with E-state index in [1.807, 2.05) is 29.2 Å². The number of likely N-dealkylation sites (tertiary alicyclic amines) is 1. The van der Waals surface area contributed by atoms with Crippen LogP contribution in [0.3, 0.4) is 0 Å². The maximum absolute atomic E-state index is 12.4. The lowest BCUT2D eigenvalue weighted by molar-refractivity contribution is -0.127. The van der Waals surface area contributed by atoms with Crippen LogP contribution >= 0.6 is 24.0 Å². The van der Waals surface area contributed by atoms with Gasteiger partial charge in [-0.15, -0.1) is 24.0 Å². The fraction of sp³-hybridized carbons (Fsp3) is 0.481. The summed E-state index contributed by atoms with van der Waals surface area (Å²) in [6.07, 6.45) is 1.50. The Hall–Kier alpha value is -2.13. The van der Waals surface area contributed by atoms with Crippen molar-refractivity contribution < 1.29 is 4.79 Å². The van der Waals surface area contributed by atoms with Crippen molar-refractivity contribution in [1.82, 2.24) is 20.9 Å². The first kappa shape index (κ1) is 28.1. The molecule has 0 bridgehead atoms. The average molecular weight is 578 g/mol. The van der Waals surface area contributed by atoms with Crippen molar-refractivity contribution in [1.29, 1.82) is 0 Å². The van der Waals surface area contributed by atoms with Crippen LogP contribution in [0.4, 0.5) is 0 Å². The van der Waals surface area contributed by atoms with Gasteiger partial charge in [-0.25, -0.2) is 0 Å². The highest BCUT2D eigenvalue weighted by Crippen LogP contribution is 2.18. The number of carbonyl (C=O) groups excluding carboxylic acids is 1. The Morgan fingerprint density at radius 2 is 1.74 bits per heavy atom. The van der Waals surface area contributed by atoms with Crippen LogP contribution in [0.15, 0.2) is 65.7 Å². The van der Waals surface area contributed by atoms with Crippen LogP contribution in [0.25, 0.3) is 0 Å². The van der Waals surface area contributed by atoms with Crippen molar-refractivity contribution in [2.45, 2.75) is 45.2 Å². The topological polar surface area (TPSA) is 68.8 Å². The Morgan fingerprint density at radius 3 is 2.38 bits per heavy atom. The molecule has 0 spiro atoms. The van der Waals surface area contributed by atoms with Crippen LogP contribution in [0.1, 0.15) is 44.4 Å². The number of halogens is 1. The van der Waals surface area contributed by atoms with Crippen LogP contribution < -0.4 is 16.0 Å². The van der Waals surface area contributed by atoms with Gasteiger partial charge in [-0.2, -0.15) is 0 Å². The van der Waals surface area contributed by atoms with Gasteiger partial charge in [0.15, 0.2) is 5.96 Å². The number of hydrogen-bond acceptors (Lipinski definition) is 3. The standard InChI is InChI=1S/C27H39N5O.HI/c1-21(24-13-9-6-10-14-24)31-27(2,3)20-30-26(28-4)29-18-23-17-25(33)32(19-23)16-15-22-11-7-5-8-12-22;/h5-14,21,23,31H,15-20H2,1-4H3,(H2,28,29,30);1H. The lowest BCUT2D eigenvalue weighted by atomic mass is 10.0. The van der Waals surface area contributed by atoms with Gasteiger partial charge in [-0.05, 0) is 38.3 Å². The maximum Gasteiger partial charge on any atom is 0.223 e. The quantitative estimate of drug-likeness (QED) is 0.227. The maximum atomic E-state index is 12.4. The molecule has 0 aromatic heterocycles. The number of amides is 1. The van der Waals surface area contributed by atoms with Gasteiger partial charge in [0.25, 0.3) is 0 Å². The van der Waals surface area contributed by atoms with Crippen molar-refractivity contribution in [3.63, 3.8) is 0 Å². The zero-order chi connectivity index (χ0) is 23.7. The number of hydrogen-bond donors (Lipinski definition) is 3. The van der Waals surface area contributed by atoms with Crippen LogP contribution in [-0.4, -0.2) is 55.5 Å². The molecule has 7 heteroatoms. The second kappa shape index (κ2) is 13.7. The highest BCUT2D eigenvalue weighted by molar-refractivity contribution is 14.0. The highest BCUT2D eigenvalue weighted by Gasteiger charge is 2.29. The SMILES string of the molecule is CN=C(NCC1CC(=O)N(CCc2ccccc2)C1)NCC(C)(C)NC(C)c1ccccc1.I. The van der Waals surface area contributed by atoms with Gasteiger partial charge in [0.05, 0.1) is 0 Å². The molecule has 2 aromatic rings. The molecule has 1 saturated heterocycles. The van der Waals surface area contributed by atoms with E-state index in [1.165, 1.54) is 11.1 Å². The van der Waals surface area contributed by atoms with E-state index in [0.29, 0.717) is 12.3 Å². The Labute approximate surface area is 222 Å². The van der Waals surface area contributed by atoms with Crippen molar-refractivity contribution in [2.24, 2.45) is 10.9 Å². The smallest absolute Gasteiger partial charge is 0.223 e. The number of nitrogens with one attached hydrogen (secondary N) is 3. The largest absolute Gasteiger partial charge is 0.356 e. The van der Waals surface area contributed by atoms with Gasteiger partial charge in [-0.3, -0.25) is 9.79 Å². The fourth-order valence-electron chi connectivity index (χ4n) is 4.34. The van der Waals surface area contributed by atoms with E-state index in [9.17, 15) is 4.79 Å². The molecule has 2 atom stereocenters. The molecule has 2 aromatic carbocycles. The third-order valence-corrected chi connectivity index (χ3v) is 6.19. The first-order chi connectivity index (χ1) is 15.9. The Bertz CT molecular complexity index is 904. The number of guanidine groups is 1. The summed E-state index contributed by atoms with van der Waals surface area (Å²) in [5.74, 6) is 1.32. The number of aliphatic imine (C=N–C) groups is 1. The summed E-state index contributed by atoms with van der Waals surface area (Å²) >= 11 is 0. The van der Waals surface area contributed by atoms with Gasteiger partial charge >= 0.3 is 0 Å². The lowest BCUT2D eigenvalue weighted by Gasteiger charge is -2.31. The molecule has 1 aliphatic heterocycles. The first-order valence-corrected chi connectivity index (χ1v) is 11.9. The van der Waals surface area contributed by atoms with Crippen molar-refractivity contribution in [3.05, 3.63) is 71.8 Å². The van der Waals surface area contributed by atoms with Crippen LogP contribution in [0, 0.1) is 5.92 Å². The van der Waals surface area contributed by atoms with Crippen LogP contribution in [-0.2, 0) is 11.2 Å². The highest BCUT2D eigenvalue weighted by atomic mass is 127. The minimum atomic E-state index is -0.121. The molecule has 3 rings (SSSR count). The molecule has 6 nitrogen and oxygen atoms in total. The minimum absolute atomic E-state index is 0. The number of benzene rings is 2. The third kappa shape index (κ3) is 8.91. The first-order valence-electron chi connectivity index (χ1n) is 11.9. The van der Waals surface area contributed by atoms with E-state index in [2.05, 4.69) is 78.1 Å². The summed E-state index contributed by atoms with van der Waals surface area (Å²) < 4.78 is 0. The summed E-state index contributed by atoms with van der Waals surface area (Å²) in [4.78, 5) is 18.8. The third-order valence-electron chi connectivity index (χ3n) is 6.19. The molecule has 0 aliphatic carbocycles. The second-order valence-corrected chi connectivity index (χ2v) is 9.61. The van der Waals surface area contributed by atoms with E-state index in [1.54, 1.807) is 7.05 Å². The van der Waals surface area contributed by atoms with Gasteiger partial charge < -0.3 is 20.9 Å². The molecule has 1 heterocycles. The summed E-state index contributed by atoms with van der Waals surface area (Å²) in [7, 11) is 1.79. The molecular formula is C27H40IN5O. The molecular weight excluding hydrogens is 537 g/mol. The van der Waals surface area contributed by atoms with Crippen molar-refractivity contribution in [2.75, 3.05) is 33.2 Å².